The highest BCUT2D eigenvalue weighted by Gasteiger charge is 2.44. The molecule has 88 valence electrons. The zero-order valence-electron chi connectivity index (χ0n) is 8.65. The van der Waals surface area contributed by atoms with Gasteiger partial charge in [0.05, 0.1) is 13.2 Å². The van der Waals surface area contributed by atoms with Gasteiger partial charge in [0.25, 0.3) is 0 Å². The quantitative estimate of drug-likeness (QED) is 0.655. The van der Waals surface area contributed by atoms with Gasteiger partial charge in [-0.1, -0.05) is 6.08 Å². The Labute approximate surface area is 92.2 Å². The van der Waals surface area contributed by atoms with Gasteiger partial charge >= 0.3 is 5.97 Å². The third-order valence-electron chi connectivity index (χ3n) is 2.73. The number of rotatable bonds is 2. The van der Waals surface area contributed by atoms with Crippen LogP contribution in [0.5, 0.6) is 0 Å². The van der Waals surface area contributed by atoms with Crippen molar-refractivity contribution >= 4 is 5.97 Å². The van der Waals surface area contributed by atoms with Crippen molar-refractivity contribution < 1.29 is 19.0 Å². The number of nitrogens with zero attached hydrogens (tertiary/aromatic N) is 1. The molecule has 2 rings (SSSR count). The molecule has 0 radical (unpaired) electrons. The Balaban J connectivity index is 2.25. The minimum Gasteiger partial charge on any atom is -0.478 e. The topological polar surface area (TPSA) is 61.8 Å². The van der Waals surface area contributed by atoms with Gasteiger partial charge in [0, 0.05) is 13.1 Å². The van der Waals surface area contributed by atoms with E-state index in [4.69, 9.17) is 4.74 Å². The van der Waals surface area contributed by atoms with Gasteiger partial charge in [-0.25, -0.2) is 4.79 Å². The normalized spacial score (nSPS) is 30.7. The third kappa shape index (κ3) is 1.81. The van der Waals surface area contributed by atoms with Crippen molar-refractivity contribution in [1.82, 2.24) is 10.2 Å². The fraction of sp³-hybridized carbons (Fsp3) is 0.500. The van der Waals surface area contributed by atoms with Crippen LogP contribution in [0.1, 0.15) is 0 Å². The number of ether oxygens (including phenoxy) is 1. The first-order valence-electron chi connectivity index (χ1n) is 5.04. The number of morpholine rings is 1. The lowest BCUT2D eigenvalue weighted by molar-refractivity contribution is -0.153. The first-order chi connectivity index (χ1) is 7.65. The number of hydrogen-bond acceptors (Lipinski definition) is 4. The Morgan fingerprint density at radius 3 is 2.81 bits per heavy atom. The van der Waals surface area contributed by atoms with Crippen LogP contribution in [0.25, 0.3) is 0 Å². The molecule has 0 aromatic rings. The van der Waals surface area contributed by atoms with Crippen molar-refractivity contribution in [2.24, 2.45) is 0 Å². The summed E-state index contributed by atoms with van der Waals surface area (Å²) in [5, 5.41) is 11.6. The van der Waals surface area contributed by atoms with Gasteiger partial charge in [-0.3, -0.25) is 4.90 Å². The van der Waals surface area contributed by atoms with E-state index in [0.717, 1.165) is 0 Å². The second-order valence-electron chi connectivity index (χ2n) is 3.67. The predicted octanol–water partition coefficient (Wildman–Crippen LogP) is 0.0698. The summed E-state index contributed by atoms with van der Waals surface area (Å²) in [4.78, 5) is 13.0. The molecule has 2 aliphatic heterocycles. The Bertz CT molecular complexity index is 350. The molecule has 1 atom stereocenters. The molecular weight excluding hydrogens is 215 g/mol. The molecule has 0 aromatic carbocycles. The van der Waals surface area contributed by atoms with Crippen molar-refractivity contribution in [3.63, 3.8) is 0 Å². The van der Waals surface area contributed by atoms with E-state index in [9.17, 15) is 14.3 Å². The van der Waals surface area contributed by atoms with Crippen molar-refractivity contribution in [1.29, 1.82) is 0 Å². The van der Waals surface area contributed by atoms with Gasteiger partial charge in [0.1, 0.15) is 0 Å². The summed E-state index contributed by atoms with van der Waals surface area (Å²) in [5.41, 5.74) is -1.48. The molecule has 1 fully saturated rings. The zero-order valence-corrected chi connectivity index (χ0v) is 8.65. The van der Waals surface area contributed by atoms with Gasteiger partial charge in [-0.05, 0) is 12.2 Å². The number of dihydropyridines is 1. The molecule has 16 heavy (non-hydrogen) atoms. The van der Waals surface area contributed by atoms with Crippen LogP contribution in [0.3, 0.4) is 0 Å². The molecule has 0 spiro atoms. The van der Waals surface area contributed by atoms with E-state index in [1.54, 1.807) is 4.90 Å². The lowest BCUT2D eigenvalue weighted by Gasteiger charge is -2.41. The van der Waals surface area contributed by atoms with Gasteiger partial charge in [0.15, 0.2) is 5.95 Å². The highest BCUT2D eigenvalue weighted by atomic mass is 19.1. The first-order valence-corrected chi connectivity index (χ1v) is 5.04. The Kier molecular flexibility index (Phi) is 2.93. The SMILES string of the molecule is O=C(O)C1(N2CCOCC2)C=CC=C(F)N1. The summed E-state index contributed by atoms with van der Waals surface area (Å²) < 4.78 is 18.3. The fourth-order valence-electron chi connectivity index (χ4n) is 1.90. The molecule has 2 heterocycles. The molecule has 1 saturated heterocycles. The molecule has 0 bridgehead atoms. The van der Waals surface area contributed by atoms with Crippen LogP contribution in [-0.4, -0.2) is 47.9 Å². The third-order valence-corrected chi connectivity index (χ3v) is 2.73. The monoisotopic (exact) mass is 228 g/mol. The lowest BCUT2D eigenvalue weighted by Crippen LogP contribution is -2.65. The number of carboxylic acids is 1. The Morgan fingerprint density at radius 2 is 2.25 bits per heavy atom. The summed E-state index contributed by atoms with van der Waals surface area (Å²) in [6.07, 6.45) is 4.06. The van der Waals surface area contributed by atoms with Crippen LogP contribution < -0.4 is 5.32 Å². The maximum Gasteiger partial charge on any atom is 0.349 e. The molecule has 0 aliphatic carbocycles. The van der Waals surface area contributed by atoms with E-state index in [1.165, 1.54) is 18.2 Å². The minimum absolute atomic E-state index is 0.454. The Hall–Kier alpha value is -1.40. The van der Waals surface area contributed by atoms with Crippen LogP contribution in [-0.2, 0) is 9.53 Å². The van der Waals surface area contributed by atoms with Gasteiger partial charge in [0.2, 0.25) is 5.66 Å². The van der Waals surface area contributed by atoms with E-state index in [0.29, 0.717) is 26.3 Å². The average Bonchev–Trinajstić information content (AvgIpc) is 2.30. The number of nitrogens with one attached hydrogen (secondary N) is 1. The molecule has 0 aromatic heterocycles. The van der Waals surface area contributed by atoms with Gasteiger partial charge in [-0.15, -0.1) is 0 Å². The standard InChI is InChI=1S/C10H13FN2O3/c11-8-2-1-3-10(12-8,9(14)15)13-4-6-16-7-5-13/h1-3,12H,4-7H2,(H,14,15). The van der Waals surface area contributed by atoms with E-state index < -0.39 is 17.6 Å². The second-order valence-corrected chi connectivity index (χ2v) is 3.67. The minimum atomic E-state index is -1.48. The predicted molar refractivity (Wildman–Crippen MR) is 54.2 cm³/mol. The van der Waals surface area contributed by atoms with E-state index >= 15 is 0 Å². The number of aliphatic carboxylic acids is 1. The zero-order chi connectivity index (χ0) is 11.6. The highest BCUT2D eigenvalue weighted by Crippen LogP contribution is 2.21. The molecular formula is C10H13FN2O3. The Morgan fingerprint density at radius 1 is 1.56 bits per heavy atom. The second kappa shape index (κ2) is 4.23. The van der Waals surface area contributed by atoms with E-state index in [1.807, 2.05) is 0 Å². The van der Waals surface area contributed by atoms with Crippen molar-refractivity contribution in [3.05, 3.63) is 24.2 Å². The van der Waals surface area contributed by atoms with Gasteiger partial charge in [-0.2, -0.15) is 4.39 Å². The van der Waals surface area contributed by atoms with Crippen LogP contribution in [0, 0.1) is 0 Å². The summed E-state index contributed by atoms with van der Waals surface area (Å²) in [7, 11) is 0. The highest BCUT2D eigenvalue weighted by molar-refractivity contribution is 5.81. The molecule has 0 amide bonds. The molecule has 5 nitrogen and oxygen atoms in total. The van der Waals surface area contributed by atoms with Crippen LogP contribution in [0.4, 0.5) is 4.39 Å². The molecule has 6 heteroatoms. The summed E-state index contributed by atoms with van der Waals surface area (Å²) in [6.45, 7) is 1.82. The van der Waals surface area contributed by atoms with Crippen molar-refractivity contribution in [2.75, 3.05) is 26.3 Å². The summed E-state index contributed by atoms with van der Waals surface area (Å²) in [5.74, 6) is -1.76. The van der Waals surface area contributed by atoms with Crippen molar-refractivity contribution in [3.8, 4) is 0 Å². The number of carboxylic acid groups (broad SMARTS) is 1. The smallest absolute Gasteiger partial charge is 0.349 e. The van der Waals surface area contributed by atoms with Crippen LogP contribution in [0.2, 0.25) is 0 Å². The number of halogens is 1. The van der Waals surface area contributed by atoms with E-state index in [2.05, 4.69) is 5.32 Å². The molecule has 1 unspecified atom stereocenters. The fourth-order valence-corrected chi connectivity index (χ4v) is 1.90. The van der Waals surface area contributed by atoms with Crippen LogP contribution in [0.15, 0.2) is 24.2 Å². The average molecular weight is 228 g/mol. The summed E-state index contributed by atoms with van der Waals surface area (Å²) >= 11 is 0. The molecule has 2 aliphatic rings. The largest absolute Gasteiger partial charge is 0.478 e. The lowest BCUT2D eigenvalue weighted by atomic mass is 10.0. The van der Waals surface area contributed by atoms with E-state index in [-0.39, 0.29) is 0 Å². The van der Waals surface area contributed by atoms with Gasteiger partial charge < -0.3 is 15.2 Å². The van der Waals surface area contributed by atoms with Crippen molar-refractivity contribution in [2.45, 2.75) is 5.66 Å². The number of carbonyl (C=O) groups is 1. The maximum absolute atomic E-state index is 13.2. The molecule has 0 saturated carbocycles. The van der Waals surface area contributed by atoms with Crippen LogP contribution >= 0.6 is 0 Å². The maximum atomic E-state index is 13.2. The number of hydrogen-bond donors (Lipinski definition) is 2. The number of allylic oxidation sites excluding steroid dienone is 2. The molecule has 2 N–H and O–H groups in total. The first kappa shape index (κ1) is 11.1. The summed E-state index contributed by atoms with van der Waals surface area (Å²) in [6, 6.07) is 0.